The Bertz CT molecular complexity index is 607. The highest BCUT2D eigenvalue weighted by Crippen LogP contribution is 2.42. The summed E-state index contributed by atoms with van der Waals surface area (Å²) >= 11 is 0. The SMILES string of the molecule is CCCCCCCCCCCCCCCCCCCC(CCCCCCCC)(CCCCCCCCCC)CCCCCCCCCCCCCC. The Morgan fingerprint density at radius 2 is 0.269 bits per heavy atom. The van der Waals surface area contributed by atoms with Crippen molar-refractivity contribution in [3.63, 3.8) is 0 Å². The van der Waals surface area contributed by atoms with Crippen molar-refractivity contribution in [2.75, 3.05) is 0 Å². The van der Waals surface area contributed by atoms with Gasteiger partial charge in [0.25, 0.3) is 0 Å². The van der Waals surface area contributed by atoms with Crippen LogP contribution in [-0.2, 0) is 0 Å². The second kappa shape index (κ2) is 45.4. The minimum Gasteiger partial charge on any atom is -0.0654 e. The van der Waals surface area contributed by atoms with E-state index in [0.717, 1.165) is 0 Å². The van der Waals surface area contributed by atoms with E-state index >= 15 is 0 Å². The Morgan fingerprint density at radius 3 is 0.404 bits per heavy atom. The van der Waals surface area contributed by atoms with E-state index in [-0.39, 0.29) is 0 Å². The van der Waals surface area contributed by atoms with Gasteiger partial charge in [-0.1, -0.05) is 304 Å². The molecule has 0 rings (SSSR count). The minimum atomic E-state index is 0.668. The molecular formula is C52H106. The molecule has 0 aromatic rings. The summed E-state index contributed by atoms with van der Waals surface area (Å²) in [5.74, 6) is 0. The molecule has 0 radical (unpaired) electrons. The van der Waals surface area contributed by atoms with Crippen LogP contribution in [0.2, 0.25) is 0 Å². The van der Waals surface area contributed by atoms with Crippen LogP contribution in [0.3, 0.4) is 0 Å². The molecule has 0 aliphatic rings. The fraction of sp³-hybridized carbons (Fsp3) is 1.00. The van der Waals surface area contributed by atoms with E-state index in [9.17, 15) is 0 Å². The van der Waals surface area contributed by atoms with Crippen molar-refractivity contribution in [1.29, 1.82) is 0 Å². The Hall–Kier alpha value is 0. The maximum atomic E-state index is 2.36. The van der Waals surface area contributed by atoms with Crippen molar-refractivity contribution >= 4 is 0 Å². The fourth-order valence-electron chi connectivity index (χ4n) is 9.23. The molecule has 52 heavy (non-hydrogen) atoms. The summed E-state index contributed by atoms with van der Waals surface area (Å²) in [5.41, 5.74) is 0.668. The van der Waals surface area contributed by atoms with Crippen LogP contribution in [-0.4, -0.2) is 0 Å². The highest BCUT2D eigenvalue weighted by atomic mass is 14.3. The summed E-state index contributed by atoms with van der Waals surface area (Å²) in [6.45, 7) is 9.36. The highest BCUT2D eigenvalue weighted by molar-refractivity contribution is 4.80. The molecule has 0 N–H and O–H groups in total. The van der Waals surface area contributed by atoms with E-state index in [1.165, 1.54) is 276 Å². The van der Waals surface area contributed by atoms with Crippen LogP contribution in [0.25, 0.3) is 0 Å². The molecule has 0 heteroatoms. The molecule has 0 spiro atoms. The molecule has 1 unspecified atom stereocenters. The predicted octanol–water partition coefficient (Wildman–Crippen LogP) is 20.4. The smallest absolute Gasteiger partial charge is 0.0297 e. The summed E-state index contributed by atoms with van der Waals surface area (Å²) in [6, 6.07) is 0. The quantitative estimate of drug-likeness (QED) is 0.0547. The molecular weight excluding hydrogens is 625 g/mol. The first-order valence-electron chi connectivity index (χ1n) is 25.7. The summed E-state index contributed by atoms with van der Waals surface area (Å²) in [6.07, 6.45) is 69.7. The third-order valence-electron chi connectivity index (χ3n) is 13.0. The molecule has 0 fully saturated rings. The van der Waals surface area contributed by atoms with Crippen molar-refractivity contribution in [3.8, 4) is 0 Å². The minimum absolute atomic E-state index is 0.668. The van der Waals surface area contributed by atoms with Gasteiger partial charge in [0.15, 0.2) is 0 Å². The molecule has 0 bridgehead atoms. The van der Waals surface area contributed by atoms with E-state index in [0.29, 0.717) is 5.41 Å². The van der Waals surface area contributed by atoms with Gasteiger partial charge < -0.3 is 0 Å². The van der Waals surface area contributed by atoms with Gasteiger partial charge >= 0.3 is 0 Å². The second-order valence-corrected chi connectivity index (χ2v) is 18.3. The first-order chi connectivity index (χ1) is 25.7. The summed E-state index contributed by atoms with van der Waals surface area (Å²) in [5, 5.41) is 0. The molecule has 0 amide bonds. The molecule has 0 aromatic carbocycles. The van der Waals surface area contributed by atoms with E-state index in [4.69, 9.17) is 0 Å². The molecule has 0 saturated carbocycles. The van der Waals surface area contributed by atoms with E-state index < -0.39 is 0 Å². The first kappa shape index (κ1) is 52.0. The standard InChI is InChI=1S/C52H106/c1-5-9-13-17-21-24-26-28-29-30-31-32-34-36-39-43-47-51-52(48-44-40-20-16-12-8-4,49-45-41-37-23-19-15-11-7-3)50-46-42-38-35-33-27-25-22-18-14-10-6-2/h5-51H2,1-4H3. The van der Waals surface area contributed by atoms with Crippen LogP contribution in [0.1, 0.15) is 329 Å². The average molecular weight is 731 g/mol. The molecule has 0 aliphatic heterocycles. The Morgan fingerprint density at radius 1 is 0.154 bits per heavy atom. The lowest BCUT2D eigenvalue weighted by Gasteiger charge is -2.35. The van der Waals surface area contributed by atoms with Crippen molar-refractivity contribution < 1.29 is 0 Å². The molecule has 1 atom stereocenters. The van der Waals surface area contributed by atoms with Crippen molar-refractivity contribution in [1.82, 2.24) is 0 Å². The van der Waals surface area contributed by atoms with E-state index in [1.807, 2.05) is 0 Å². The van der Waals surface area contributed by atoms with Crippen LogP contribution < -0.4 is 0 Å². The zero-order valence-corrected chi connectivity index (χ0v) is 37.7. The third kappa shape index (κ3) is 39.7. The molecule has 0 aliphatic carbocycles. The third-order valence-corrected chi connectivity index (χ3v) is 13.0. The lowest BCUT2D eigenvalue weighted by Crippen LogP contribution is -2.21. The van der Waals surface area contributed by atoms with E-state index in [1.54, 1.807) is 25.7 Å². The van der Waals surface area contributed by atoms with Gasteiger partial charge in [0, 0.05) is 0 Å². The fourth-order valence-corrected chi connectivity index (χ4v) is 9.23. The monoisotopic (exact) mass is 731 g/mol. The Balaban J connectivity index is 4.60. The average Bonchev–Trinajstić information content (AvgIpc) is 3.15. The Kier molecular flexibility index (Phi) is 45.4. The lowest BCUT2D eigenvalue weighted by molar-refractivity contribution is 0.171. The highest BCUT2D eigenvalue weighted by Gasteiger charge is 2.28. The van der Waals surface area contributed by atoms with Gasteiger partial charge in [0.1, 0.15) is 0 Å². The van der Waals surface area contributed by atoms with Crippen LogP contribution in [0, 0.1) is 5.41 Å². The van der Waals surface area contributed by atoms with E-state index in [2.05, 4.69) is 27.7 Å². The molecule has 0 aromatic heterocycles. The summed E-state index contributed by atoms with van der Waals surface area (Å²) in [4.78, 5) is 0. The van der Waals surface area contributed by atoms with Crippen molar-refractivity contribution in [2.45, 2.75) is 329 Å². The maximum Gasteiger partial charge on any atom is -0.0297 e. The van der Waals surface area contributed by atoms with Crippen molar-refractivity contribution in [2.24, 2.45) is 5.41 Å². The molecule has 314 valence electrons. The predicted molar refractivity (Wildman–Crippen MR) is 242 cm³/mol. The lowest BCUT2D eigenvalue weighted by atomic mass is 9.70. The van der Waals surface area contributed by atoms with Gasteiger partial charge in [0.05, 0.1) is 0 Å². The van der Waals surface area contributed by atoms with Crippen LogP contribution >= 0.6 is 0 Å². The summed E-state index contributed by atoms with van der Waals surface area (Å²) in [7, 11) is 0. The van der Waals surface area contributed by atoms with Crippen LogP contribution in [0.5, 0.6) is 0 Å². The molecule has 0 heterocycles. The van der Waals surface area contributed by atoms with Crippen LogP contribution in [0.4, 0.5) is 0 Å². The van der Waals surface area contributed by atoms with Gasteiger partial charge in [-0.3, -0.25) is 0 Å². The zero-order chi connectivity index (χ0) is 37.7. The number of hydrogen-bond acceptors (Lipinski definition) is 0. The topological polar surface area (TPSA) is 0 Å². The molecule has 0 saturated heterocycles. The van der Waals surface area contributed by atoms with Gasteiger partial charge in [0.2, 0.25) is 0 Å². The second-order valence-electron chi connectivity index (χ2n) is 18.3. The number of hydrogen-bond donors (Lipinski definition) is 0. The maximum absolute atomic E-state index is 2.36. The van der Waals surface area contributed by atoms with Gasteiger partial charge in [-0.05, 0) is 31.1 Å². The largest absolute Gasteiger partial charge is 0.0654 e. The first-order valence-corrected chi connectivity index (χ1v) is 25.7. The summed E-state index contributed by atoms with van der Waals surface area (Å²) < 4.78 is 0. The number of rotatable bonds is 47. The normalized spacial score (nSPS) is 12.9. The zero-order valence-electron chi connectivity index (χ0n) is 37.7. The van der Waals surface area contributed by atoms with Crippen LogP contribution in [0.15, 0.2) is 0 Å². The van der Waals surface area contributed by atoms with Crippen molar-refractivity contribution in [3.05, 3.63) is 0 Å². The van der Waals surface area contributed by atoms with Gasteiger partial charge in [-0.2, -0.15) is 0 Å². The van der Waals surface area contributed by atoms with Gasteiger partial charge in [-0.25, -0.2) is 0 Å². The Labute approximate surface area is 333 Å². The van der Waals surface area contributed by atoms with Gasteiger partial charge in [-0.15, -0.1) is 0 Å². The molecule has 0 nitrogen and oxygen atoms in total. The number of unbranched alkanes of at least 4 members (excludes halogenated alkanes) is 39.